The normalized spacial score (nSPS) is 11.0. The van der Waals surface area contributed by atoms with Crippen molar-refractivity contribution in [3.63, 3.8) is 0 Å². The molecule has 128 valence electrons. The quantitative estimate of drug-likeness (QED) is 0.775. The van der Waals surface area contributed by atoms with Crippen LogP contribution in [0.5, 0.6) is 11.5 Å². The molecule has 5 nitrogen and oxygen atoms in total. The Morgan fingerprint density at radius 2 is 1.54 bits per heavy atom. The molecule has 2 aromatic carbocycles. The molecule has 0 heterocycles. The third-order valence-corrected chi connectivity index (χ3v) is 3.25. The maximum Gasteiger partial charge on any atom is 0.412 e. The Hall–Kier alpha value is -2.69. The van der Waals surface area contributed by atoms with Crippen molar-refractivity contribution in [2.75, 3.05) is 11.1 Å². The van der Waals surface area contributed by atoms with Crippen molar-refractivity contribution in [1.82, 2.24) is 0 Å². The number of hydrogen-bond acceptors (Lipinski definition) is 4. The van der Waals surface area contributed by atoms with Gasteiger partial charge in [0.2, 0.25) is 0 Å². The van der Waals surface area contributed by atoms with Gasteiger partial charge in [-0.1, -0.05) is 0 Å². The molecule has 0 atom stereocenters. The first-order chi connectivity index (χ1) is 11.1. The summed E-state index contributed by atoms with van der Waals surface area (Å²) in [6, 6.07) is 10.9. The summed E-state index contributed by atoms with van der Waals surface area (Å²) in [6.45, 7) is 9.31. The molecule has 0 bridgehead atoms. The Kier molecular flexibility index (Phi) is 5.02. The molecule has 0 saturated heterocycles. The minimum atomic E-state index is -0.538. The molecular formula is C19H24N2O3. The Morgan fingerprint density at radius 3 is 2.04 bits per heavy atom. The topological polar surface area (TPSA) is 73.6 Å². The van der Waals surface area contributed by atoms with Crippen molar-refractivity contribution in [3.05, 3.63) is 47.5 Å². The van der Waals surface area contributed by atoms with Crippen molar-refractivity contribution in [2.24, 2.45) is 0 Å². The summed E-state index contributed by atoms with van der Waals surface area (Å²) in [5, 5.41) is 2.80. The van der Waals surface area contributed by atoms with Gasteiger partial charge in [0.15, 0.2) is 0 Å². The lowest BCUT2D eigenvalue weighted by Gasteiger charge is -2.21. The molecule has 2 aromatic rings. The largest absolute Gasteiger partial charge is 0.457 e. The molecule has 0 aliphatic carbocycles. The maximum absolute atomic E-state index is 12.0. The Balaban J connectivity index is 2.16. The summed E-state index contributed by atoms with van der Waals surface area (Å²) >= 11 is 0. The third-order valence-electron chi connectivity index (χ3n) is 3.25. The fourth-order valence-corrected chi connectivity index (χ4v) is 2.26. The van der Waals surface area contributed by atoms with Crippen LogP contribution < -0.4 is 15.8 Å². The second-order valence-corrected chi connectivity index (χ2v) is 6.73. The van der Waals surface area contributed by atoms with Crippen LogP contribution in [0.4, 0.5) is 16.2 Å². The smallest absolute Gasteiger partial charge is 0.412 e. The van der Waals surface area contributed by atoms with Crippen LogP contribution >= 0.6 is 0 Å². The fraction of sp³-hybridized carbons (Fsp3) is 0.316. The molecule has 0 fully saturated rings. The van der Waals surface area contributed by atoms with Gasteiger partial charge in [0, 0.05) is 5.69 Å². The number of nitrogens with two attached hydrogens (primary N) is 1. The molecule has 0 aliphatic heterocycles. The molecule has 1 amide bonds. The monoisotopic (exact) mass is 328 g/mol. The summed E-state index contributed by atoms with van der Waals surface area (Å²) in [7, 11) is 0. The van der Waals surface area contributed by atoms with Crippen LogP contribution in [-0.4, -0.2) is 11.7 Å². The van der Waals surface area contributed by atoms with Crippen LogP contribution in [0, 0.1) is 13.8 Å². The second kappa shape index (κ2) is 6.83. The van der Waals surface area contributed by atoms with Gasteiger partial charge in [-0.05, 0) is 82.1 Å². The lowest BCUT2D eigenvalue weighted by Crippen LogP contribution is -2.27. The van der Waals surface area contributed by atoms with Gasteiger partial charge in [0.25, 0.3) is 0 Å². The van der Waals surface area contributed by atoms with Gasteiger partial charge in [-0.2, -0.15) is 0 Å². The Morgan fingerprint density at radius 1 is 1.00 bits per heavy atom. The van der Waals surface area contributed by atoms with E-state index in [1.54, 1.807) is 12.1 Å². The zero-order valence-corrected chi connectivity index (χ0v) is 14.8. The minimum Gasteiger partial charge on any atom is -0.457 e. The van der Waals surface area contributed by atoms with E-state index in [0.717, 1.165) is 16.8 Å². The number of rotatable bonds is 3. The molecule has 0 spiro atoms. The first-order valence-corrected chi connectivity index (χ1v) is 7.79. The van der Waals surface area contributed by atoms with E-state index in [2.05, 4.69) is 5.32 Å². The van der Waals surface area contributed by atoms with E-state index in [1.165, 1.54) is 0 Å². The fourth-order valence-electron chi connectivity index (χ4n) is 2.26. The SMILES string of the molecule is Cc1cc(Oc2ccc(N)cc2)cc(C)c1NC(=O)OC(C)(C)C. The van der Waals surface area contributed by atoms with E-state index in [4.69, 9.17) is 15.2 Å². The molecule has 0 unspecified atom stereocenters. The van der Waals surface area contributed by atoms with Gasteiger partial charge in [-0.3, -0.25) is 5.32 Å². The number of nitrogen functional groups attached to an aromatic ring is 1. The summed E-state index contributed by atoms with van der Waals surface area (Å²) in [5.74, 6) is 1.40. The summed E-state index contributed by atoms with van der Waals surface area (Å²) < 4.78 is 11.1. The van der Waals surface area contributed by atoms with Crippen molar-refractivity contribution in [3.8, 4) is 11.5 Å². The molecule has 5 heteroatoms. The van der Waals surface area contributed by atoms with Gasteiger partial charge in [-0.15, -0.1) is 0 Å². The molecule has 0 aromatic heterocycles. The number of benzene rings is 2. The molecule has 0 aliphatic rings. The molecule has 3 N–H and O–H groups in total. The number of ether oxygens (including phenoxy) is 2. The summed E-state index contributed by atoms with van der Waals surface area (Å²) in [6.07, 6.45) is -0.471. The van der Waals surface area contributed by atoms with Gasteiger partial charge in [0.05, 0.1) is 5.69 Å². The first kappa shape index (κ1) is 17.7. The predicted molar refractivity (Wildman–Crippen MR) is 96.7 cm³/mol. The van der Waals surface area contributed by atoms with Crippen LogP contribution in [0.2, 0.25) is 0 Å². The van der Waals surface area contributed by atoms with Crippen molar-refractivity contribution >= 4 is 17.5 Å². The predicted octanol–water partition coefficient (Wildman–Crippen LogP) is 5.02. The van der Waals surface area contributed by atoms with Gasteiger partial charge in [-0.25, -0.2) is 4.79 Å². The van der Waals surface area contributed by atoms with E-state index in [1.807, 2.05) is 58.9 Å². The van der Waals surface area contributed by atoms with Crippen molar-refractivity contribution < 1.29 is 14.3 Å². The number of carbonyl (C=O) groups is 1. The average molecular weight is 328 g/mol. The highest BCUT2D eigenvalue weighted by molar-refractivity contribution is 5.87. The Labute approximate surface area is 142 Å². The van der Waals surface area contributed by atoms with Crippen LogP contribution in [-0.2, 0) is 4.74 Å². The molecular weight excluding hydrogens is 304 g/mol. The minimum absolute atomic E-state index is 0.471. The number of carbonyl (C=O) groups excluding carboxylic acids is 1. The molecule has 2 rings (SSSR count). The van der Waals surface area contributed by atoms with E-state index >= 15 is 0 Å². The van der Waals surface area contributed by atoms with E-state index in [-0.39, 0.29) is 0 Å². The number of aryl methyl sites for hydroxylation is 2. The van der Waals surface area contributed by atoms with Crippen molar-refractivity contribution in [2.45, 2.75) is 40.2 Å². The highest BCUT2D eigenvalue weighted by atomic mass is 16.6. The van der Waals surface area contributed by atoms with Gasteiger partial charge >= 0.3 is 6.09 Å². The molecule has 0 saturated carbocycles. The van der Waals surface area contributed by atoms with Gasteiger partial charge < -0.3 is 15.2 Å². The van der Waals surface area contributed by atoms with Crippen molar-refractivity contribution in [1.29, 1.82) is 0 Å². The third kappa shape index (κ3) is 4.91. The second-order valence-electron chi connectivity index (χ2n) is 6.73. The number of hydrogen-bond donors (Lipinski definition) is 2. The summed E-state index contributed by atoms with van der Waals surface area (Å²) in [5.41, 5.74) is 8.34. The van der Waals surface area contributed by atoms with Crippen LogP contribution in [0.15, 0.2) is 36.4 Å². The van der Waals surface area contributed by atoms with Crippen LogP contribution in [0.25, 0.3) is 0 Å². The highest BCUT2D eigenvalue weighted by Gasteiger charge is 2.18. The highest BCUT2D eigenvalue weighted by Crippen LogP contribution is 2.30. The molecule has 0 radical (unpaired) electrons. The lowest BCUT2D eigenvalue weighted by atomic mass is 10.1. The van der Waals surface area contributed by atoms with Crippen LogP contribution in [0.1, 0.15) is 31.9 Å². The van der Waals surface area contributed by atoms with E-state index in [9.17, 15) is 4.79 Å². The number of anilines is 2. The first-order valence-electron chi connectivity index (χ1n) is 7.79. The lowest BCUT2D eigenvalue weighted by molar-refractivity contribution is 0.0635. The van der Waals surface area contributed by atoms with Crippen LogP contribution in [0.3, 0.4) is 0 Å². The molecule has 24 heavy (non-hydrogen) atoms. The maximum atomic E-state index is 12.0. The number of nitrogens with one attached hydrogen (secondary N) is 1. The van der Waals surface area contributed by atoms with E-state index in [0.29, 0.717) is 17.2 Å². The number of amides is 1. The average Bonchev–Trinajstić information content (AvgIpc) is 2.43. The van der Waals surface area contributed by atoms with Gasteiger partial charge in [0.1, 0.15) is 17.1 Å². The zero-order chi connectivity index (χ0) is 17.9. The standard InChI is InChI=1S/C19H24N2O3/c1-12-10-16(23-15-8-6-14(20)7-9-15)11-13(2)17(12)21-18(22)24-19(3,4)5/h6-11H,20H2,1-5H3,(H,21,22). The summed E-state index contributed by atoms with van der Waals surface area (Å²) in [4.78, 5) is 12.0. The zero-order valence-electron chi connectivity index (χ0n) is 14.8. The van der Waals surface area contributed by atoms with E-state index < -0.39 is 11.7 Å². The Bertz CT molecular complexity index is 708.